The molecule has 2 atom stereocenters. The highest BCUT2D eigenvalue weighted by Gasteiger charge is 2.35. The molecule has 1 amide bonds. The van der Waals surface area contributed by atoms with Gasteiger partial charge in [0.2, 0.25) is 5.91 Å². The van der Waals surface area contributed by atoms with Crippen molar-refractivity contribution >= 4 is 5.91 Å². The smallest absolute Gasteiger partial charge is 0.225 e. The molecule has 7 heteroatoms. The molecule has 1 aromatic carbocycles. The van der Waals surface area contributed by atoms with Crippen molar-refractivity contribution in [1.82, 2.24) is 9.80 Å². The molecule has 0 unspecified atom stereocenters. The Morgan fingerprint density at radius 3 is 2.13 bits per heavy atom. The van der Waals surface area contributed by atoms with E-state index in [-0.39, 0.29) is 17.9 Å². The van der Waals surface area contributed by atoms with Gasteiger partial charge in [0.15, 0.2) is 17.4 Å². The summed E-state index contributed by atoms with van der Waals surface area (Å²) >= 11 is 0. The van der Waals surface area contributed by atoms with E-state index in [1.54, 1.807) is 0 Å². The Hall–Kier alpha value is -1.76. The molecule has 2 heterocycles. The van der Waals surface area contributed by atoms with Crippen molar-refractivity contribution < 1.29 is 22.7 Å². The second-order valence-corrected chi connectivity index (χ2v) is 9.13. The van der Waals surface area contributed by atoms with Gasteiger partial charge in [0.1, 0.15) is 11.9 Å². The first-order valence-corrected chi connectivity index (χ1v) is 11.3. The minimum atomic E-state index is -1.03. The SMILES string of the molecule is C[C@H]1CCC[C@H]1N1CCC(C(=O)N2CCC(Oc3c(F)cc(F)cc3F)CC2)CC1. The third-order valence-electron chi connectivity index (χ3n) is 7.17. The van der Waals surface area contributed by atoms with Gasteiger partial charge in [-0.25, -0.2) is 13.2 Å². The number of piperidine rings is 2. The highest BCUT2D eigenvalue weighted by Crippen LogP contribution is 2.33. The van der Waals surface area contributed by atoms with E-state index >= 15 is 0 Å². The van der Waals surface area contributed by atoms with Crippen molar-refractivity contribution in [3.8, 4) is 5.75 Å². The summed E-state index contributed by atoms with van der Waals surface area (Å²) in [6.45, 7) is 5.37. The summed E-state index contributed by atoms with van der Waals surface area (Å²) in [6, 6.07) is 1.92. The Morgan fingerprint density at radius 1 is 0.933 bits per heavy atom. The summed E-state index contributed by atoms with van der Waals surface area (Å²) in [5, 5.41) is 0. The highest BCUT2D eigenvalue weighted by molar-refractivity contribution is 5.79. The molecular formula is C23H31F3N2O2. The zero-order valence-corrected chi connectivity index (χ0v) is 17.6. The van der Waals surface area contributed by atoms with Crippen molar-refractivity contribution in [2.45, 2.75) is 64.0 Å². The molecule has 4 nitrogen and oxygen atoms in total. The van der Waals surface area contributed by atoms with Crippen LogP contribution in [0.25, 0.3) is 0 Å². The van der Waals surface area contributed by atoms with Crippen molar-refractivity contribution in [2.24, 2.45) is 11.8 Å². The number of carbonyl (C=O) groups is 1. The molecule has 0 bridgehead atoms. The van der Waals surface area contributed by atoms with E-state index in [0.29, 0.717) is 44.1 Å². The van der Waals surface area contributed by atoms with Gasteiger partial charge in [-0.2, -0.15) is 0 Å². The van der Waals surface area contributed by atoms with E-state index in [4.69, 9.17) is 4.74 Å². The molecule has 3 fully saturated rings. The zero-order chi connectivity index (χ0) is 21.3. The number of amides is 1. The van der Waals surface area contributed by atoms with E-state index in [1.807, 2.05) is 4.90 Å². The third-order valence-corrected chi connectivity index (χ3v) is 7.17. The quantitative estimate of drug-likeness (QED) is 0.719. The normalized spacial score (nSPS) is 26.9. The fourth-order valence-electron chi connectivity index (χ4n) is 5.41. The summed E-state index contributed by atoms with van der Waals surface area (Å²) in [7, 11) is 0. The second kappa shape index (κ2) is 9.16. The van der Waals surface area contributed by atoms with Crippen LogP contribution >= 0.6 is 0 Å². The van der Waals surface area contributed by atoms with E-state index in [1.165, 1.54) is 19.3 Å². The predicted molar refractivity (Wildman–Crippen MR) is 108 cm³/mol. The molecule has 1 aromatic rings. The topological polar surface area (TPSA) is 32.8 Å². The summed E-state index contributed by atoms with van der Waals surface area (Å²) < 4.78 is 46.1. The number of hydrogen-bond acceptors (Lipinski definition) is 3. The maximum Gasteiger partial charge on any atom is 0.225 e. The summed E-state index contributed by atoms with van der Waals surface area (Å²) in [5.41, 5.74) is 0. The molecule has 1 saturated carbocycles. The van der Waals surface area contributed by atoms with E-state index in [0.717, 1.165) is 31.8 Å². The summed E-state index contributed by atoms with van der Waals surface area (Å²) in [4.78, 5) is 17.4. The number of hydrogen-bond donors (Lipinski definition) is 0. The average molecular weight is 425 g/mol. The van der Waals surface area contributed by atoms with Crippen LogP contribution in [0.1, 0.15) is 51.9 Å². The largest absolute Gasteiger partial charge is 0.484 e. The van der Waals surface area contributed by atoms with Gasteiger partial charge in [-0.1, -0.05) is 13.3 Å². The van der Waals surface area contributed by atoms with Crippen LogP contribution in [0, 0.1) is 29.3 Å². The van der Waals surface area contributed by atoms with E-state index in [9.17, 15) is 18.0 Å². The van der Waals surface area contributed by atoms with Crippen molar-refractivity contribution in [1.29, 1.82) is 0 Å². The fourth-order valence-corrected chi connectivity index (χ4v) is 5.41. The number of ether oxygens (including phenoxy) is 1. The maximum absolute atomic E-state index is 13.8. The Balaban J connectivity index is 1.25. The minimum Gasteiger partial charge on any atom is -0.484 e. The van der Waals surface area contributed by atoms with E-state index in [2.05, 4.69) is 11.8 Å². The predicted octanol–water partition coefficient (Wildman–Crippen LogP) is 4.37. The second-order valence-electron chi connectivity index (χ2n) is 9.13. The van der Waals surface area contributed by atoms with Gasteiger partial charge in [0.05, 0.1) is 0 Å². The van der Waals surface area contributed by atoms with Crippen molar-refractivity contribution in [3.05, 3.63) is 29.6 Å². The maximum atomic E-state index is 13.8. The van der Waals surface area contributed by atoms with Crippen LogP contribution < -0.4 is 4.74 Å². The molecule has 2 aliphatic heterocycles. The van der Waals surface area contributed by atoms with Crippen LogP contribution in [0.15, 0.2) is 12.1 Å². The Bertz CT molecular complexity index is 736. The molecule has 0 N–H and O–H groups in total. The molecule has 1 aliphatic carbocycles. The minimum absolute atomic E-state index is 0.0717. The molecule has 0 radical (unpaired) electrons. The van der Waals surface area contributed by atoms with Crippen LogP contribution in [-0.2, 0) is 4.79 Å². The molecule has 0 spiro atoms. The molecule has 4 rings (SSSR count). The van der Waals surface area contributed by atoms with Crippen LogP contribution in [0.5, 0.6) is 5.75 Å². The van der Waals surface area contributed by atoms with Gasteiger partial charge in [-0.3, -0.25) is 4.79 Å². The monoisotopic (exact) mass is 424 g/mol. The van der Waals surface area contributed by atoms with Gasteiger partial charge in [-0.05, 0) is 44.7 Å². The fraction of sp³-hybridized carbons (Fsp3) is 0.696. The highest BCUT2D eigenvalue weighted by atomic mass is 19.1. The lowest BCUT2D eigenvalue weighted by Crippen LogP contribution is -2.49. The Morgan fingerprint density at radius 2 is 1.57 bits per heavy atom. The first kappa shape index (κ1) is 21.5. The summed E-state index contributed by atoms with van der Waals surface area (Å²) in [5.74, 6) is -2.54. The van der Waals surface area contributed by atoms with Gasteiger partial charge in [0, 0.05) is 50.0 Å². The molecule has 2 saturated heterocycles. The third kappa shape index (κ3) is 4.61. The van der Waals surface area contributed by atoms with Crippen LogP contribution in [0.3, 0.4) is 0 Å². The standard InChI is InChI=1S/C23H31F3N2O2/c1-15-3-2-4-21(15)27-9-5-16(6-10-27)23(29)28-11-7-18(8-12-28)30-22-19(25)13-17(24)14-20(22)26/h13-16,18,21H,2-12H2,1H3/t15-,21+/m0/s1. The lowest BCUT2D eigenvalue weighted by atomic mass is 9.92. The average Bonchev–Trinajstić information content (AvgIpc) is 3.16. The molecule has 3 aliphatic rings. The van der Waals surface area contributed by atoms with E-state index < -0.39 is 23.2 Å². The molecule has 30 heavy (non-hydrogen) atoms. The Labute approximate surface area is 176 Å². The van der Waals surface area contributed by atoms with Gasteiger partial charge >= 0.3 is 0 Å². The number of benzene rings is 1. The molecular weight excluding hydrogens is 393 g/mol. The van der Waals surface area contributed by atoms with Gasteiger partial charge in [-0.15, -0.1) is 0 Å². The lowest BCUT2D eigenvalue weighted by Gasteiger charge is -2.40. The van der Waals surface area contributed by atoms with Gasteiger partial charge < -0.3 is 14.5 Å². The van der Waals surface area contributed by atoms with Gasteiger partial charge in [0.25, 0.3) is 0 Å². The first-order chi connectivity index (χ1) is 14.4. The Kier molecular flexibility index (Phi) is 6.56. The lowest BCUT2D eigenvalue weighted by molar-refractivity contribution is -0.139. The molecule has 0 aromatic heterocycles. The molecule has 166 valence electrons. The number of carbonyl (C=O) groups excluding carboxylic acids is 1. The number of nitrogens with zero attached hydrogens (tertiary/aromatic N) is 2. The summed E-state index contributed by atoms with van der Waals surface area (Å²) in [6.07, 6.45) is 6.37. The zero-order valence-electron chi connectivity index (χ0n) is 17.6. The number of rotatable bonds is 4. The van der Waals surface area contributed by atoms with Crippen LogP contribution in [-0.4, -0.2) is 54.0 Å². The number of halogens is 3. The van der Waals surface area contributed by atoms with Crippen LogP contribution in [0.2, 0.25) is 0 Å². The number of likely N-dealkylation sites (tertiary alicyclic amines) is 2. The first-order valence-electron chi connectivity index (χ1n) is 11.3. The van der Waals surface area contributed by atoms with Crippen molar-refractivity contribution in [3.63, 3.8) is 0 Å². The van der Waals surface area contributed by atoms with Crippen LogP contribution in [0.4, 0.5) is 13.2 Å². The van der Waals surface area contributed by atoms with Crippen molar-refractivity contribution in [2.75, 3.05) is 26.2 Å².